The van der Waals surface area contributed by atoms with E-state index in [1.54, 1.807) is 7.11 Å². The first-order valence-corrected chi connectivity index (χ1v) is 9.76. The molecule has 152 valence electrons. The predicted molar refractivity (Wildman–Crippen MR) is 112 cm³/mol. The lowest BCUT2D eigenvalue weighted by Crippen LogP contribution is -2.24. The number of methoxy groups -OCH3 is 1. The van der Waals surface area contributed by atoms with Gasteiger partial charge in [-0.1, -0.05) is 42.5 Å². The average molecular weight is 385 g/mol. The molecule has 0 aliphatic rings. The fourth-order valence-electron chi connectivity index (χ4n) is 3.08. The molecule has 0 heterocycles. The highest BCUT2D eigenvalue weighted by Gasteiger charge is 2.20. The van der Waals surface area contributed by atoms with Gasteiger partial charge in [-0.05, 0) is 56.9 Å². The third-order valence-electron chi connectivity index (χ3n) is 4.44. The number of rotatable bonds is 9. The first kappa shape index (κ1) is 22.0. The van der Waals surface area contributed by atoms with Crippen molar-refractivity contribution in [3.05, 3.63) is 65.2 Å². The quantitative estimate of drug-likeness (QED) is 0.541. The van der Waals surface area contributed by atoms with Gasteiger partial charge in [0, 0.05) is 12.3 Å². The van der Waals surface area contributed by atoms with Crippen molar-refractivity contribution in [1.29, 1.82) is 0 Å². The zero-order chi connectivity index (χ0) is 20.6. The van der Waals surface area contributed by atoms with Crippen LogP contribution in [0.2, 0.25) is 0 Å². The second-order valence-electron chi connectivity index (χ2n) is 8.05. The van der Waals surface area contributed by atoms with Gasteiger partial charge in [-0.15, -0.1) is 0 Å². The first-order valence-electron chi connectivity index (χ1n) is 9.76. The predicted octanol–water partition coefficient (Wildman–Crippen LogP) is 5.43. The minimum absolute atomic E-state index is 0.112. The van der Waals surface area contributed by atoms with E-state index < -0.39 is 5.60 Å². The lowest BCUT2D eigenvalue weighted by Gasteiger charge is -2.22. The van der Waals surface area contributed by atoms with Crippen molar-refractivity contribution in [1.82, 2.24) is 0 Å². The lowest BCUT2D eigenvalue weighted by atomic mass is 9.93. The topological polar surface area (TPSA) is 44.8 Å². The van der Waals surface area contributed by atoms with Gasteiger partial charge < -0.3 is 14.2 Å². The van der Waals surface area contributed by atoms with Gasteiger partial charge in [-0.2, -0.15) is 0 Å². The van der Waals surface area contributed by atoms with E-state index in [1.807, 2.05) is 64.1 Å². The van der Waals surface area contributed by atoms with Crippen LogP contribution in [0.15, 0.2) is 48.5 Å². The van der Waals surface area contributed by atoms with Gasteiger partial charge in [-0.25, -0.2) is 0 Å². The molecule has 0 aliphatic heterocycles. The van der Waals surface area contributed by atoms with Crippen molar-refractivity contribution < 1.29 is 19.0 Å². The minimum Gasteiger partial charge on any atom is -0.496 e. The normalized spacial score (nSPS) is 12.5. The Hall–Kier alpha value is -2.33. The highest BCUT2D eigenvalue weighted by Crippen LogP contribution is 2.28. The number of ether oxygens (including phenoxy) is 3. The fraction of sp³-hybridized carbons (Fsp3) is 0.458. The molecule has 0 aliphatic carbocycles. The summed E-state index contributed by atoms with van der Waals surface area (Å²) in [4.78, 5) is 12.2. The number of benzene rings is 2. The van der Waals surface area contributed by atoms with Crippen molar-refractivity contribution >= 4 is 5.97 Å². The molecule has 0 N–H and O–H groups in total. The molecule has 0 unspecified atom stereocenters. The smallest absolute Gasteiger partial charge is 0.306 e. The summed E-state index contributed by atoms with van der Waals surface area (Å²) in [6.07, 6.45) is 1.04. The van der Waals surface area contributed by atoms with Crippen molar-refractivity contribution in [2.45, 2.75) is 58.7 Å². The van der Waals surface area contributed by atoms with Gasteiger partial charge in [0.05, 0.1) is 20.3 Å². The molecule has 2 aromatic rings. The Labute approximate surface area is 168 Å². The second-order valence-corrected chi connectivity index (χ2v) is 8.05. The molecule has 0 amide bonds. The Balaban J connectivity index is 2.04. The minimum atomic E-state index is -0.465. The van der Waals surface area contributed by atoms with Gasteiger partial charge in [0.15, 0.2) is 0 Å². The Bertz CT molecular complexity index is 747. The van der Waals surface area contributed by atoms with E-state index in [4.69, 9.17) is 14.2 Å². The molecule has 2 aromatic carbocycles. The monoisotopic (exact) mass is 384 g/mol. The number of esters is 1. The van der Waals surface area contributed by atoms with E-state index >= 15 is 0 Å². The molecule has 2 rings (SSSR count). The van der Waals surface area contributed by atoms with Crippen LogP contribution in [0.3, 0.4) is 0 Å². The van der Waals surface area contributed by atoms with E-state index in [2.05, 4.69) is 12.1 Å². The maximum absolute atomic E-state index is 12.2. The molecule has 1 atom stereocenters. The molecule has 0 aromatic heterocycles. The molecule has 0 saturated heterocycles. The Morgan fingerprint density at radius 2 is 1.79 bits per heavy atom. The van der Waals surface area contributed by atoms with Crippen LogP contribution in [0.25, 0.3) is 0 Å². The highest BCUT2D eigenvalue weighted by atomic mass is 16.6. The summed E-state index contributed by atoms with van der Waals surface area (Å²) in [5.41, 5.74) is 2.90. The van der Waals surface area contributed by atoms with Crippen molar-refractivity contribution in [2.24, 2.45) is 0 Å². The van der Waals surface area contributed by atoms with Crippen LogP contribution < -0.4 is 4.74 Å². The summed E-state index contributed by atoms with van der Waals surface area (Å²) in [6, 6.07) is 16.2. The standard InChI is InChI=1S/C24H32O4/c1-18-15-20(11-13-22(18)26-5)21(12-14-23(25)28-24(2,3)4)17-27-16-19-9-7-6-8-10-19/h6-11,13,15,21H,12,14,16-17H2,1-5H3/t21-/m1/s1. The first-order chi connectivity index (χ1) is 13.3. The highest BCUT2D eigenvalue weighted by molar-refractivity contribution is 5.69. The third-order valence-corrected chi connectivity index (χ3v) is 4.44. The molecule has 4 nitrogen and oxygen atoms in total. The van der Waals surface area contributed by atoms with Crippen molar-refractivity contribution in [2.75, 3.05) is 13.7 Å². The third kappa shape index (κ3) is 7.35. The number of hydrogen-bond acceptors (Lipinski definition) is 4. The molecular weight excluding hydrogens is 352 g/mol. The van der Waals surface area contributed by atoms with Crippen LogP contribution >= 0.6 is 0 Å². The van der Waals surface area contributed by atoms with Crippen LogP contribution in [-0.2, 0) is 20.9 Å². The van der Waals surface area contributed by atoms with Gasteiger partial charge in [0.25, 0.3) is 0 Å². The van der Waals surface area contributed by atoms with Gasteiger partial charge in [0.2, 0.25) is 0 Å². The molecule has 0 saturated carbocycles. The molecule has 0 bridgehead atoms. The van der Waals surface area contributed by atoms with Gasteiger partial charge >= 0.3 is 5.97 Å². The van der Waals surface area contributed by atoms with Crippen LogP contribution in [0.4, 0.5) is 0 Å². The Kier molecular flexibility index (Phi) is 8.06. The number of hydrogen-bond donors (Lipinski definition) is 0. The molecule has 0 spiro atoms. The summed E-state index contributed by atoms with van der Waals surface area (Å²) in [5, 5.41) is 0. The van der Waals surface area contributed by atoms with Gasteiger partial charge in [-0.3, -0.25) is 4.79 Å². The summed E-state index contributed by atoms with van der Waals surface area (Å²) >= 11 is 0. The van der Waals surface area contributed by atoms with Crippen molar-refractivity contribution in [3.8, 4) is 5.75 Å². The largest absolute Gasteiger partial charge is 0.496 e. The zero-order valence-electron chi connectivity index (χ0n) is 17.7. The van der Waals surface area contributed by atoms with Crippen LogP contribution in [0.5, 0.6) is 5.75 Å². The van der Waals surface area contributed by atoms with Crippen LogP contribution in [-0.4, -0.2) is 25.3 Å². The molecule has 0 fully saturated rings. The van der Waals surface area contributed by atoms with Crippen LogP contribution in [0, 0.1) is 6.92 Å². The van der Waals surface area contributed by atoms with E-state index in [0.29, 0.717) is 26.1 Å². The maximum Gasteiger partial charge on any atom is 0.306 e. The number of carbonyl (C=O) groups excluding carboxylic acids is 1. The fourth-order valence-corrected chi connectivity index (χ4v) is 3.08. The molecule has 28 heavy (non-hydrogen) atoms. The van der Waals surface area contributed by atoms with Gasteiger partial charge in [0.1, 0.15) is 11.4 Å². The summed E-state index contributed by atoms with van der Waals surface area (Å²) < 4.78 is 16.8. The Morgan fingerprint density at radius 3 is 2.39 bits per heavy atom. The maximum atomic E-state index is 12.2. The second kappa shape index (κ2) is 10.3. The number of aryl methyl sites for hydroxylation is 1. The summed E-state index contributed by atoms with van der Waals surface area (Å²) in [7, 11) is 1.67. The zero-order valence-corrected chi connectivity index (χ0v) is 17.7. The Morgan fingerprint density at radius 1 is 1.07 bits per heavy atom. The summed E-state index contributed by atoms with van der Waals surface area (Å²) in [5.74, 6) is 0.798. The van der Waals surface area contributed by atoms with Crippen molar-refractivity contribution in [3.63, 3.8) is 0 Å². The average Bonchev–Trinajstić information content (AvgIpc) is 2.64. The van der Waals surface area contributed by atoms with E-state index in [9.17, 15) is 4.79 Å². The molecule has 0 radical (unpaired) electrons. The van der Waals surface area contributed by atoms with E-state index in [1.165, 1.54) is 0 Å². The summed E-state index contributed by atoms with van der Waals surface area (Å²) in [6.45, 7) is 8.79. The van der Waals surface area contributed by atoms with Crippen LogP contribution in [0.1, 0.15) is 56.2 Å². The molecule has 4 heteroatoms. The SMILES string of the molecule is COc1ccc([C@H](CCC(=O)OC(C)(C)C)COCc2ccccc2)cc1C. The lowest BCUT2D eigenvalue weighted by molar-refractivity contribution is -0.155. The van der Waals surface area contributed by atoms with E-state index in [-0.39, 0.29) is 11.9 Å². The molecular formula is C24H32O4. The van der Waals surface area contributed by atoms with E-state index in [0.717, 1.165) is 22.4 Å². The number of carbonyl (C=O) groups is 1.